The highest BCUT2D eigenvalue weighted by atomic mass is 16.6. The zero-order valence-corrected chi connectivity index (χ0v) is 20.3. The first-order valence-corrected chi connectivity index (χ1v) is 13.5. The third-order valence-corrected chi connectivity index (χ3v) is 12.1. The molecule has 0 aromatic heterocycles. The first-order valence-electron chi connectivity index (χ1n) is 13.5. The minimum Gasteiger partial charge on any atom is -0.364 e. The van der Waals surface area contributed by atoms with Crippen molar-refractivity contribution < 1.29 is 9.84 Å². The number of hydrogen-bond donors (Lipinski definition) is 3. The lowest BCUT2D eigenvalue weighted by Gasteiger charge is -2.62. The Morgan fingerprint density at radius 1 is 0.968 bits per heavy atom. The molecule has 4 N–H and O–H groups in total. The van der Waals surface area contributed by atoms with Crippen LogP contribution < -0.4 is 11.1 Å². The van der Waals surface area contributed by atoms with Crippen molar-refractivity contribution in [3.05, 3.63) is 0 Å². The van der Waals surface area contributed by atoms with Gasteiger partial charge in [0.15, 0.2) is 5.79 Å². The lowest BCUT2D eigenvalue weighted by Crippen LogP contribution is -2.68. The van der Waals surface area contributed by atoms with Crippen molar-refractivity contribution in [2.75, 3.05) is 6.54 Å². The highest BCUT2D eigenvalue weighted by Gasteiger charge is 2.67. The molecular weight excluding hydrogens is 384 g/mol. The lowest BCUT2D eigenvalue weighted by atomic mass is 9.44. The van der Waals surface area contributed by atoms with Gasteiger partial charge in [-0.05, 0) is 110 Å². The molecular formula is C27H46N2O2. The van der Waals surface area contributed by atoms with E-state index in [0.717, 1.165) is 36.6 Å². The summed E-state index contributed by atoms with van der Waals surface area (Å²) in [7, 11) is 0. The molecule has 13 atom stereocenters. The number of rotatable bonds is 0. The number of fused-ring (bicyclic) bond motifs is 8. The maximum Gasteiger partial charge on any atom is 0.181 e. The Morgan fingerprint density at radius 3 is 2.55 bits per heavy atom. The molecule has 0 aromatic rings. The second-order valence-electron chi connectivity index (χ2n) is 13.6. The van der Waals surface area contributed by atoms with Crippen LogP contribution in [0.1, 0.15) is 85.5 Å². The van der Waals surface area contributed by atoms with Gasteiger partial charge < -0.3 is 20.9 Å². The van der Waals surface area contributed by atoms with E-state index in [-0.39, 0.29) is 12.1 Å². The van der Waals surface area contributed by atoms with Gasteiger partial charge in [-0.2, -0.15) is 0 Å². The van der Waals surface area contributed by atoms with Gasteiger partial charge in [0.05, 0.1) is 12.1 Å². The standard InChI is InChI=1S/C27H46N2O2/c1-15-13-27(30)24(29-14-15)16(2)23-22(31-27)12-21-19-6-5-17-11-18(28)7-9-25(17,3)20(19)8-10-26(21,23)4/h15-24,29-30H,5-14,28H2,1-4H3/t15-,16+,17+,18+,19-,20+,21+,22-,23+,24+,25+,26+,27+/m1/s1. The molecule has 0 bridgehead atoms. The Bertz CT molecular complexity index is 730. The Kier molecular flexibility index (Phi) is 4.78. The SMILES string of the molecule is C[C@H]1CN[C@H]2[C@@H](C)[C@H]3[C@@H](C[C@H]4[C@@H]5CC[C@H]6C[C@@H](N)CC[C@]6(C)[C@H]5CC[C@]34C)O[C@@]2(O)C1. The molecule has 2 saturated heterocycles. The summed E-state index contributed by atoms with van der Waals surface area (Å²) in [6.45, 7) is 10.9. The first-order chi connectivity index (χ1) is 14.7. The molecule has 6 rings (SSSR count). The number of aliphatic hydroxyl groups is 1. The second-order valence-corrected chi connectivity index (χ2v) is 13.6. The van der Waals surface area contributed by atoms with Crippen LogP contribution in [0.3, 0.4) is 0 Å². The van der Waals surface area contributed by atoms with E-state index >= 15 is 0 Å². The molecule has 176 valence electrons. The molecule has 2 heterocycles. The van der Waals surface area contributed by atoms with Crippen molar-refractivity contribution >= 4 is 0 Å². The summed E-state index contributed by atoms with van der Waals surface area (Å²) >= 11 is 0. The van der Waals surface area contributed by atoms with Crippen molar-refractivity contribution in [1.29, 1.82) is 0 Å². The fourth-order valence-electron chi connectivity index (χ4n) is 10.8. The van der Waals surface area contributed by atoms with E-state index in [2.05, 4.69) is 33.0 Å². The minimum absolute atomic E-state index is 0.0892. The Labute approximate surface area is 189 Å². The van der Waals surface area contributed by atoms with Crippen LogP contribution in [-0.4, -0.2) is 35.6 Å². The van der Waals surface area contributed by atoms with Crippen molar-refractivity contribution in [1.82, 2.24) is 5.32 Å². The summed E-state index contributed by atoms with van der Waals surface area (Å²) in [4.78, 5) is 0. The topological polar surface area (TPSA) is 67.5 Å². The van der Waals surface area contributed by atoms with Gasteiger partial charge in [-0.3, -0.25) is 0 Å². The zero-order valence-electron chi connectivity index (χ0n) is 20.3. The van der Waals surface area contributed by atoms with Gasteiger partial charge in [-0.15, -0.1) is 0 Å². The smallest absolute Gasteiger partial charge is 0.181 e. The molecule has 2 aliphatic heterocycles. The Morgan fingerprint density at radius 2 is 1.74 bits per heavy atom. The molecule has 6 fully saturated rings. The number of nitrogens with one attached hydrogen (secondary N) is 1. The molecule has 4 saturated carbocycles. The fourth-order valence-corrected chi connectivity index (χ4v) is 10.8. The first kappa shape index (κ1) is 21.4. The summed E-state index contributed by atoms with van der Waals surface area (Å²) < 4.78 is 6.70. The van der Waals surface area contributed by atoms with Gasteiger partial charge in [-0.1, -0.05) is 27.7 Å². The van der Waals surface area contributed by atoms with Crippen molar-refractivity contribution in [2.45, 2.75) is 109 Å². The average Bonchev–Trinajstić information content (AvgIpc) is 2.99. The van der Waals surface area contributed by atoms with Gasteiger partial charge in [0.1, 0.15) is 0 Å². The van der Waals surface area contributed by atoms with Gasteiger partial charge >= 0.3 is 0 Å². The highest BCUT2D eigenvalue weighted by Crippen LogP contribution is 2.69. The van der Waals surface area contributed by atoms with Crippen LogP contribution >= 0.6 is 0 Å². The zero-order chi connectivity index (χ0) is 21.8. The van der Waals surface area contributed by atoms with Crippen LogP contribution in [0.25, 0.3) is 0 Å². The summed E-state index contributed by atoms with van der Waals surface area (Å²) in [5.74, 6) is 3.88. The maximum absolute atomic E-state index is 11.6. The normalized spacial score (nSPS) is 63.3. The van der Waals surface area contributed by atoms with E-state index in [0.29, 0.717) is 34.6 Å². The molecule has 4 aliphatic carbocycles. The van der Waals surface area contributed by atoms with Crippen LogP contribution in [0, 0.1) is 52.3 Å². The third-order valence-electron chi connectivity index (χ3n) is 12.1. The van der Waals surface area contributed by atoms with Crippen LogP contribution in [0.4, 0.5) is 0 Å². The molecule has 0 aromatic carbocycles. The van der Waals surface area contributed by atoms with E-state index in [1.807, 2.05) is 0 Å². The van der Waals surface area contributed by atoms with Crippen molar-refractivity contribution in [3.8, 4) is 0 Å². The predicted molar refractivity (Wildman–Crippen MR) is 123 cm³/mol. The molecule has 6 aliphatic rings. The molecule has 0 spiro atoms. The lowest BCUT2D eigenvalue weighted by molar-refractivity contribution is -0.310. The summed E-state index contributed by atoms with van der Waals surface area (Å²) in [6.07, 6.45) is 11.5. The maximum atomic E-state index is 11.6. The van der Waals surface area contributed by atoms with E-state index < -0.39 is 5.79 Å². The molecule has 4 heteroatoms. The van der Waals surface area contributed by atoms with E-state index in [4.69, 9.17) is 10.5 Å². The summed E-state index contributed by atoms with van der Waals surface area (Å²) in [6, 6.07) is 0.525. The van der Waals surface area contributed by atoms with Crippen molar-refractivity contribution in [2.24, 2.45) is 58.0 Å². The Hall–Kier alpha value is -0.160. The number of hydrogen-bond acceptors (Lipinski definition) is 4. The summed E-state index contributed by atoms with van der Waals surface area (Å²) in [5, 5.41) is 15.3. The predicted octanol–water partition coefficient (Wildman–Crippen LogP) is 4.30. The van der Waals surface area contributed by atoms with Crippen LogP contribution in [0.5, 0.6) is 0 Å². The Balaban J connectivity index is 1.30. The minimum atomic E-state index is -0.968. The molecule has 4 nitrogen and oxygen atoms in total. The molecule has 0 amide bonds. The van der Waals surface area contributed by atoms with Gasteiger partial charge in [0, 0.05) is 12.5 Å². The molecule has 31 heavy (non-hydrogen) atoms. The van der Waals surface area contributed by atoms with E-state index in [9.17, 15) is 5.11 Å². The van der Waals surface area contributed by atoms with Crippen molar-refractivity contribution in [3.63, 3.8) is 0 Å². The monoisotopic (exact) mass is 430 g/mol. The van der Waals surface area contributed by atoms with Crippen LogP contribution in [0.15, 0.2) is 0 Å². The highest BCUT2D eigenvalue weighted by molar-refractivity contribution is 5.15. The molecule has 0 radical (unpaired) electrons. The van der Waals surface area contributed by atoms with E-state index in [1.54, 1.807) is 0 Å². The number of piperidine rings is 1. The third kappa shape index (κ3) is 2.87. The fraction of sp³-hybridized carbons (Fsp3) is 1.00. The van der Waals surface area contributed by atoms with Crippen LogP contribution in [-0.2, 0) is 4.74 Å². The average molecular weight is 431 g/mol. The second kappa shape index (κ2) is 6.93. The molecule has 0 unspecified atom stereocenters. The van der Waals surface area contributed by atoms with Gasteiger partial charge in [0.25, 0.3) is 0 Å². The largest absolute Gasteiger partial charge is 0.364 e. The van der Waals surface area contributed by atoms with Gasteiger partial charge in [0.2, 0.25) is 0 Å². The number of nitrogens with two attached hydrogens (primary N) is 1. The van der Waals surface area contributed by atoms with Crippen LogP contribution in [0.2, 0.25) is 0 Å². The number of ether oxygens (including phenoxy) is 1. The quantitative estimate of drug-likeness (QED) is 0.536. The van der Waals surface area contributed by atoms with Gasteiger partial charge in [-0.25, -0.2) is 0 Å². The van der Waals surface area contributed by atoms with E-state index in [1.165, 1.54) is 51.4 Å². The summed E-state index contributed by atoms with van der Waals surface area (Å²) in [5.41, 5.74) is 7.27.